The highest BCUT2D eigenvalue weighted by Crippen LogP contribution is 2.22. The lowest BCUT2D eigenvalue weighted by atomic mass is 10.3. The number of likely N-dealkylation sites (N-methyl/N-ethyl adjacent to an activating group) is 1. The molecule has 0 aliphatic heterocycles. The van der Waals surface area contributed by atoms with Gasteiger partial charge in [0.1, 0.15) is 5.82 Å². The zero-order valence-corrected chi connectivity index (χ0v) is 8.70. The Balaban J connectivity index is 2.88. The van der Waals surface area contributed by atoms with Crippen molar-refractivity contribution in [2.75, 3.05) is 25.1 Å². The van der Waals surface area contributed by atoms with Crippen LogP contribution < -0.4 is 4.90 Å². The predicted molar refractivity (Wildman–Crippen MR) is 55.5 cm³/mol. The molecule has 0 fully saturated rings. The number of hydrogen-bond acceptors (Lipinski definition) is 4. The second-order valence-corrected chi connectivity index (χ2v) is 3.36. The molecule has 1 aromatic heterocycles. The van der Waals surface area contributed by atoms with E-state index in [1.165, 1.54) is 0 Å². The number of aromatic nitrogens is 1. The Kier molecular flexibility index (Phi) is 4.13. The van der Waals surface area contributed by atoms with Gasteiger partial charge in [-0.3, -0.25) is 0 Å². The fraction of sp³-hybridized carbons (Fsp3) is 0.444. The topological polar surface area (TPSA) is 56.6 Å². The van der Waals surface area contributed by atoms with Crippen molar-refractivity contribution in [3.63, 3.8) is 0 Å². The van der Waals surface area contributed by atoms with Crippen LogP contribution in [0.5, 0.6) is 0 Å². The van der Waals surface area contributed by atoms with Crippen LogP contribution in [0.3, 0.4) is 0 Å². The van der Waals surface area contributed by atoms with Gasteiger partial charge in [0.25, 0.3) is 0 Å². The minimum atomic E-state index is -0.0727. The van der Waals surface area contributed by atoms with E-state index in [9.17, 15) is 0 Å². The van der Waals surface area contributed by atoms with Gasteiger partial charge in [-0.1, -0.05) is 11.6 Å². The molecule has 14 heavy (non-hydrogen) atoms. The summed E-state index contributed by atoms with van der Waals surface area (Å²) in [5.74, 6) is 0.609. The highest BCUT2D eigenvalue weighted by molar-refractivity contribution is 6.33. The summed E-state index contributed by atoms with van der Waals surface area (Å²) in [5.41, 5.74) is 0.677. The van der Waals surface area contributed by atoms with Gasteiger partial charge < -0.3 is 15.1 Å². The van der Waals surface area contributed by atoms with Crippen LogP contribution in [0.2, 0.25) is 5.02 Å². The highest BCUT2D eigenvalue weighted by atomic mass is 35.5. The van der Waals surface area contributed by atoms with Crippen molar-refractivity contribution in [3.8, 4) is 0 Å². The van der Waals surface area contributed by atoms with Crippen LogP contribution in [0.15, 0.2) is 12.3 Å². The van der Waals surface area contributed by atoms with Gasteiger partial charge in [0, 0.05) is 19.8 Å². The number of hydrogen-bond donors (Lipinski definition) is 2. The third kappa shape index (κ3) is 2.57. The second kappa shape index (κ2) is 5.14. The Morgan fingerprint density at radius 2 is 2.21 bits per heavy atom. The van der Waals surface area contributed by atoms with Crippen molar-refractivity contribution in [2.45, 2.75) is 6.61 Å². The molecule has 4 nitrogen and oxygen atoms in total. The number of aliphatic hydroxyl groups excluding tert-OH is 2. The van der Waals surface area contributed by atoms with Gasteiger partial charge in [-0.25, -0.2) is 4.98 Å². The lowest BCUT2D eigenvalue weighted by Crippen LogP contribution is -2.22. The van der Waals surface area contributed by atoms with Gasteiger partial charge in [0.15, 0.2) is 0 Å². The minimum absolute atomic E-state index is 0.0518. The Morgan fingerprint density at radius 1 is 1.50 bits per heavy atom. The van der Waals surface area contributed by atoms with Crippen LogP contribution >= 0.6 is 11.6 Å². The van der Waals surface area contributed by atoms with Gasteiger partial charge in [-0.2, -0.15) is 0 Å². The maximum Gasteiger partial charge on any atom is 0.147 e. The van der Waals surface area contributed by atoms with E-state index in [2.05, 4.69) is 4.98 Å². The molecule has 0 aliphatic rings. The van der Waals surface area contributed by atoms with E-state index >= 15 is 0 Å². The van der Waals surface area contributed by atoms with Crippen LogP contribution in [0.4, 0.5) is 5.82 Å². The molecule has 0 saturated carbocycles. The van der Waals surface area contributed by atoms with Crippen LogP contribution in [-0.4, -0.2) is 35.4 Å². The molecule has 2 N–H and O–H groups in total. The SMILES string of the molecule is CN(CCO)c1ncc(CO)cc1Cl. The van der Waals surface area contributed by atoms with Crippen molar-refractivity contribution >= 4 is 17.4 Å². The number of halogens is 1. The summed E-state index contributed by atoms with van der Waals surface area (Å²) in [4.78, 5) is 5.84. The van der Waals surface area contributed by atoms with Gasteiger partial charge in [0.05, 0.1) is 18.2 Å². The van der Waals surface area contributed by atoms with Gasteiger partial charge in [-0.15, -0.1) is 0 Å². The van der Waals surface area contributed by atoms with E-state index < -0.39 is 0 Å². The molecule has 1 rings (SSSR count). The van der Waals surface area contributed by atoms with E-state index in [-0.39, 0.29) is 13.2 Å². The standard InChI is InChI=1S/C9H13ClN2O2/c1-12(2-3-13)9-8(10)4-7(6-14)5-11-9/h4-5,13-14H,2-3,6H2,1H3. The molecule has 1 heterocycles. The number of nitrogens with zero attached hydrogens (tertiary/aromatic N) is 2. The van der Waals surface area contributed by atoms with E-state index in [1.54, 1.807) is 24.2 Å². The predicted octanol–water partition coefficient (Wildman–Crippen LogP) is 0.656. The zero-order chi connectivity index (χ0) is 10.6. The Bertz CT molecular complexity index is 307. The monoisotopic (exact) mass is 216 g/mol. The first kappa shape index (κ1) is 11.2. The summed E-state index contributed by atoms with van der Waals surface area (Å²) in [6, 6.07) is 1.66. The maximum absolute atomic E-state index is 8.84. The molecule has 0 amide bonds. The number of rotatable bonds is 4. The summed E-state index contributed by atoms with van der Waals surface area (Å²) in [7, 11) is 1.79. The fourth-order valence-electron chi connectivity index (χ4n) is 1.09. The Hall–Kier alpha value is -0.840. The third-order valence-electron chi connectivity index (χ3n) is 1.86. The first-order valence-corrected chi connectivity index (χ1v) is 4.64. The van der Waals surface area contributed by atoms with Crippen molar-refractivity contribution in [3.05, 3.63) is 22.8 Å². The third-order valence-corrected chi connectivity index (χ3v) is 2.14. The smallest absolute Gasteiger partial charge is 0.147 e. The van der Waals surface area contributed by atoms with E-state index in [0.717, 1.165) is 0 Å². The van der Waals surface area contributed by atoms with E-state index in [4.69, 9.17) is 21.8 Å². The summed E-state index contributed by atoms with van der Waals surface area (Å²) in [6.45, 7) is 0.457. The van der Waals surface area contributed by atoms with Crippen LogP contribution in [0.1, 0.15) is 5.56 Å². The molecule has 1 aromatic rings. The fourth-order valence-corrected chi connectivity index (χ4v) is 1.43. The van der Waals surface area contributed by atoms with Crippen LogP contribution in [0.25, 0.3) is 0 Å². The van der Waals surface area contributed by atoms with Crippen LogP contribution in [0, 0.1) is 0 Å². The molecule has 0 saturated heterocycles. The molecule has 0 unspecified atom stereocenters. The molecule has 0 bridgehead atoms. The normalized spacial score (nSPS) is 10.3. The highest BCUT2D eigenvalue weighted by Gasteiger charge is 2.07. The summed E-state index contributed by atoms with van der Waals surface area (Å²) >= 11 is 5.94. The molecule has 5 heteroatoms. The number of pyridine rings is 1. The van der Waals surface area contributed by atoms with Crippen LogP contribution in [-0.2, 0) is 6.61 Å². The molecular formula is C9H13ClN2O2. The molecule has 0 radical (unpaired) electrons. The average Bonchev–Trinajstić information content (AvgIpc) is 2.17. The first-order chi connectivity index (χ1) is 6.69. The minimum Gasteiger partial charge on any atom is -0.395 e. The zero-order valence-electron chi connectivity index (χ0n) is 7.94. The summed E-state index contributed by atoms with van der Waals surface area (Å²) in [6.07, 6.45) is 1.56. The van der Waals surface area contributed by atoms with Crippen molar-refractivity contribution in [1.29, 1.82) is 0 Å². The van der Waals surface area contributed by atoms with Crippen molar-refractivity contribution in [2.24, 2.45) is 0 Å². The molecule has 0 aliphatic carbocycles. The number of aliphatic hydroxyl groups is 2. The Morgan fingerprint density at radius 3 is 2.71 bits per heavy atom. The molecular weight excluding hydrogens is 204 g/mol. The quantitative estimate of drug-likeness (QED) is 0.776. The van der Waals surface area contributed by atoms with E-state index in [1.807, 2.05) is 0 Å². The van der Waals surface area contributed by atoms with E-state index in [0.29, 0.717) is 22.9 Å². The van der Waals surface area contributed by atoms with Crippen molar-refractivity contribution < 1.29 is 10.2 Å². The summed E-state index contributed by atoms with van der Waals surface area (Å²) in [5, 5.41) is 18.1. The molecule has 0 spiro atoms. The second-order valence-electron chi connectivity index (χ2n) is 2.95. The lowest BCUT2D eigenvalue weighted by Gasteiger charge is -2.18. The van der Waals surface area contributed by atoms with Gasteiger partial charge >= 0.3 is 0 Å². The molecule has 0 atom stereocenters. The molecule has 78 valence electrons. The average molecular weight is 217 g/mol. The first-order valence-electron chi connectivity index (χ1n) is 4.26. The van der Waals surface area contributed by atoms with Crippen molar-refractivity contribution in [1.82, 2.24) is 4.98 Å². The largest absolute Gasteiger partial charge is 0.395 e. The van der Waals surface area contributed by atoms with Gasteiger partial charge in [-0.05, 0) is 11.6 Å². The van der Waals surface area contributed by atoms with Gasteiger partial charge in [0.2, 0.25) is 0 Å². The summed E-state index contributed by atoms with van der Waals surface area (Å²) < 4.78 is 0. The maximum atomic E-state index is 8.84. The molecule has 0 aromatic carbocycles. The lowest BCUT2D eigenvalue weighted by molar-refractivity contribution is 0.281. The number of anilines is 1. The Labute approximate surface area is 87.8 Å².